The van der Waals surface area contributed by atoms with Crippen molar-refractivity contribution >= 4 is 45.7 Å². The predicted molar refractivity (Wildman–Crippen MR) is 223 cm³/mol. The van der Waals surface area contributed by atoms with E-state index in [0.29, 0.717) is 11.8 Å². The molecule has 0 amide bonds. The second-order valence-electron chi connectivity index (χ2n) is 15.6. The third-order valence-electron chi connectivity index (χ3n) is 12.3. The van der Waals surface area contributed by atoms with Gasteiger partial charge in [0.25, 0.3) is 0 Å². The van der Waals surface area contributed by atoms with Gasteiger partial charge in [-0.1, -0.05) is 0 Å². The van der Waals surface area contributed by atoms with E-state index < -0.39 is 0 Å². The van der Waals surface area contributed by atoms with Crippen LogP contribution in [0.2, 0.25) is 0 Å². The van der Waals surface area contributed by atoms with Crippen molar-refractivity contribution in [1.29, 1.82) is 0 Å². The molecule has 3 N–H and O–H groups in total. The summed E-state index contributed by atoms with van der Waals surface area (Å²) >= 11 is 1.63. The molecule has 10 rings (SSSR count). The number of halogens is 1. The first-order valence-electron chi connectivity index (χ1n) is 20.1. The quantitative estimate of drug-likeness (QED) is 0.200. The van der Waals surface area contributed by atoms with Crippen LogP contribution in [0.4, 0.5) is 0 Å². The van der Waals surface area contributed by atoms with Gasteiger partial charge < -0.3 is 0 Å². The van der Waals surface area contributed by atoms with Crippen LogP contribution in [-0.2, 0) is 12.8 Å². The van der Waals surface area contributed by atoms with E-state index in [4.69, 9.17) is 10.7 Å². The molecule has 6 aliphatic carbocycles. The molecular formula is C48H48IN4S-. The Kier molecular flexibility index (Phi) is 9.54. The van der Waals surface area contributed by atoms with Crippen LogP contribution >= 0.6 is 11.3 Å². The summed E-state index contributed by atoms with van der Waals surface area (Å²) in [5.41, 5.74) is 18.8. The molecule has 3 aromatic rings. The van der Waals surface area contributed by atoms with Gasteiger partial charge in [0, 0.05) is 0 Å². The third-order valence-corrected chi connectivity index (χ3v) is 16.2. The molecule has 0 saturated heterocycles. The van der Waals surface area contributed by atoms with Gasteiger partial charge in [0.2, 0.25) is 0 Å². The summed E-state index contributed by atoms with van der Waals surface area (Å²) in [5, 5.41) is 2.66. The van der Waals surface area contributed by atoms with Crippen molar-refractivity contribution in [1.82, 2.24) is 8.10 Å². The zero-order chi connectivity index (χ0) is 36.0. The fraction of sp³-hybridized carbons (Fsp3) is 0.312. The molecule has 0 radical (unpaired) electrons. The monoisotopic (exact) mass is 839 g/mol. The number of aromatic nitrogens is 1. The van der Waals surface area contributed by atoms with E-state index in [0.717, 1.165) is 69.9 Å². The summed E-state index contributed by atoms with van der Waals surface area (Å²) in [6.45, 7) is 0. The van der Waals surface area contributed by atoms with Crippen LogP contribution in [0.1, 0.15) is 79.5 Å². The number of hydrogen-bond acceptors (Lipinski definition) is 4. The number of fused-ring (bicyclic) bond motifs is 7. The molecule has 274 valence electrons. The average Bonchev–Trinajstić information content (AvgIpc) is 3.79. The zero-order valence-corrected chi connectivity index (χ0v) is 33.8. The minimum absolute atomic E-state index is 0.167. The van der Waals surface area contributed by atoms with Crippen molar-refractivity contribution < 1.29 is 21.5 Å². The number of nitrogens with zero attached hydrogens (tertiary/aromatic N) is 2. The summed E-state index contributed by atoms with van der Waals surface area (Å²) in [4.78, 5) is 7.11. The van der Waals surface area contributed by atoms with E-state index >= 15 is 0 Å². The van der Waals surface area contributed by atoms with Crippen molar-refractivity contribution in [2.75, 3.05) is 0 Å². The second kappa shape index (κ2) is 14.9. The summed E-state index contributed by atoms with van der Waals surface area (Å²) in [6.07, 6.45) is 47.6. The maximum absolute atomic E-state index is 6.85. The summed E-state index contributed by atoms with van der Waals surface area (Å²) in [5.74, 6) is 0.834. The van der Waals surface area contributed by atoms with Gasteiger partial charge in [-0.25, -0.2) is 0 Å². The molecular weight excluding hydrogens is 792 g/mol. The predicted octanol–water partition coefficient (Wildman–Crippen LogP) is 6.54. The van der Waals surface area contributed by atoms with Crippen molar-refractivity contribution in [2.45, 2.75) is 82.7 Å². The number of para-hydroxylation sites is 1. The summed E-state index contributed by atoms with van der Waals surface area (Å²) in [7, 11) is 0. The first-order valence-corrected chi connectivity index (χ1v) is 23.0. The normalized spacial score (nSPS) is 24.9. The molecule has 4 unspecified atom stereocenters. The van der Waals surface area contributed by atoms with Crippen molar-refractivity contribution in [3.8, 4) is 0 Å². The van der Waals surface area contributed by atoms with Crippen LogP contribution in [0.15, 0.2) is 129 Å². The Bertz CT molecular complexity index is 2470. The van der Waals surface area contributed by atoms with E-state index in [1.165, 1.54) is 65.8 Å². The minimum atomic E-state index is -0.384. The zero-order valence-electron chi connectivity index (χ0n) is 30.8. The second-order valence-corrected chi connectivity index (χ2v) is 19.2. The van der Waals surface area contributed by atoms with Crippen LogP contribution in [0, 0.1) is 11.8 Å². The van der Waals surface area contributed by atoms with Gasteiger partial charge in [-0.2, -0.15) is 0 Å². The van der Waals surface area contributed by atoms with Crippen LogP contribution in [0.3, 0.4) is 0 Å². The van der Waals surface area contributed by atoms with Gasteiger partial charge in [0.15, 0.2) is 0 Å². The van der Waals surface area contributed by atoms with Gasteiger partial charge in [-0.15, -0.1) is 0 Å². The van der Waals surface area contributed by atoms with E-state index in [9.17, 15) is 0 Å². The van der Waals surface area contributed by atoms with Gasteiger partial charge in [0.05, 0.1) is 0 Å². The number of rotatable bonds is 8. The Hall–Kier alpha value is -3.98. The van der Waals surface area contributed by atoms with E-state index in [-0.39, 0.29) is 33.6 Å². The molecule has 7 aliphatic rings. The summed E-state index contributed by atoms with van der Waals surface area (Å²) < 4.78 is 9.60. The number of nitrogens with two attached hydrogens (primary N) is 1. The van der Waals surface area contributed by atoms with Crippen LogP contribution in [0.25, 0.3) is 34.3 Å². The topological polar surface area (TPSA) is 55.3 Å². The van der Waals surface area contributed by atoms with Gasteiger partial charge in [-0.3, -0.25) is 0 Å². The SMILES string of the molecule is N/C(=C\C(N[I-]C1=CC=C(C2N=c3c4c(sc3=C3C=CCCC32)CCC=C4)CC1)C1C=CC(n2c3c(c4ccccc42)CCC=C3)=CC1)C1=CCCC=C1. The number of thiophene rings is 1. The number of allylic oxidation sites excluding steroid dienone is 13. The molecule has 2 aromatic heterocycles. The molecule has 0 saturated carbocycles. The average molecular weight is 840 g/mol. The molecule has 6 heteroatoms. The van der Waals surface area contributed by atoms with E-state index in [2.05, 4.69) is 124 Å². The summed E-state index contributed by atoms with van der Waals surface area (Å²) in [6, 6.07) is 9.34. The van der Waals surface area contributed by atoms with E-state index in [1.54, 1.807) is 9.15 Å². The Morgan fingerprint density at radius 1 is 0.907 bits per heavy atom. The molecule has 0 bridgehead atoms. The number of hydrogen-bond donors (Lipinski definition) is 2. The fourth-order valence-corrected chi connectivity index (χ4v) is 13.1. The first-order chi connectivity index (χ1) is 26.7. The van der Waals surface area contributed by atoms with Crippen LogP contribution in [-0.4, -0.2) is 16.7 Å². The van der Waals surface area contributed by atoms with Crippen LogP contribution in [0.5, 0.6) is 0 Å². The number of nitrogens with one attached hydrogen (secondary N) is 1. The molecule has 0 spiro atoms. The van der Waals surface area contributed by atoms with Crippen molar-refractivity contribution in [3.05, 3.63) is 155 Å². The molecule has 4 atom stereocenters. The Morgan fingerprint density at radius 3 is 2.67 bits per heavy atom. The molecule has 0 fully saturated rings. The number of aryl methyl sites for hydroxylation is 2. The van der Waals surface area contributed by atoms with Crippen molar-refractivity contribution in [3.63, 3.8) is 0 Å². The van der Waals surface area contributed by atoms with E-state index in [1.807, 2.05) is 11.3 Å². The molecule has 4 nitrogen and oxygen atoms in total. The third kappa shape index (κ3) is 6.38. The Balaban J connectivity index is 0.905. The molecule has 1 aliphatic heterocycles. The van der Waals surface area contributed by atoms with Crippen LogP contribution < -0.4 is 40.6 Å². The van der Waals surface area contributed by atoms with Gasteiger partial charge >= 0.3 is 336 Å². The first kappa shape index (κ1) is 34.5. The van der Waals surface area contributed by atoms with Gasteiger partial charge in [0.1, 0.15) is 0 Å². The molecule has 3 heterocycles. The number of benzene rings is 1. The molecule has 1 aromatic carbocycles. The molecule has 54 heavy (non-hydrogen) atoms. The van der Waals surface area contributed by atoms with Gasteiger partial charge in [-0.05, 0) is 0 Å². The van der Waals surface area contributed by atoms with Crippen molar-refractivity contribution in [2.24, 2.45) is 22.6 Å². The Labute approximate surface area is 333 Å². The standard InChI is InChI=1S/C48H48IN4S/c50-41(31-12-2-1-3-13-31)30-42(32-24-28-35(29-25-32)53-43-19-9-6-14-36(43)37-15-7-10-20-44(37)53)52-49-34-26-22-33(23-27-34)46-38-16-4-5-17-39(38)48-47(51-46)40-18-8-11-21-45(40)54-48/h2,5-6,8-10,12-14,17-20,22,24,26,28-30,32,38,42,46,52H,1,3-4,7,11,15-16,21,23,25,27,50H2/q-1/b41-30-. The Morgan fingerprint density at radius 2 is 1.80 bits per heavy atom. The fourth-order valence-electron chi connectivity index (χ4n) is 9.45. The maximum atomic E-state index is 6.85.